The van der Waals surface area contributed by atoms with Gasteiger partial charge in [0.25, 0.3) is 0 Å². The van der Waals surface area contributed by atoms with E-state index < -0.39 is 0 Å². The van der Waals surface area contributed by atoms with Crippen molar-refractivity contribution in [2.75, 3.05) is 0 Å². The van der Waals surface area contributed by atoms with Gasteiger partial charge in [0.15, 0.2) is 0 Å². The largest absolute Gasteiger partial charge is 0.506 e. The van der Waals surface area contributed by atoms with Crippen LogP contribution >= 0.6 is 0 Å². The van der Waals surface area contributed by atoms with Crippen LogP contribution < -0.4 is 0 Å². The minimum absolute atomic E-state index is 0.193. The molecule has 0 radical (unpaired) electrons. The topological polar surface area (TPSA) is 50.9 Å². The highest BCUT2D eigenvalue weighted by Crippen LogP contribution is 2.19. The van der Waals surface area contributed by atoms with Crippen molar-refractivity contribution in [2.45, 2.75) is 6.42 Å². The Balaban J connectivity index is 1.86. The smallest absolute Gasteiger partial charge is 0.141 e. The Morgan fingerprint density at radius 3 is 2.47 bits per heavy atom. The van der Waals surface area contributed by atoms with Gasteiger partial charge in [-0.05, 0) is 17.7 Å². The number of hydrogen-bond donors (Lipinski definition) is 1. The Kier molecular flexibility index (Phi) is 2.98. The van der Waals surface area contributed by atoms with E-state index in [0.29, 0.717) is 5.69 Å². The van der Waals surface area contributed by atoms with E-state index in [9.17, 15) is 5.11 Å². The Bertz CT molecular complexity index is 677. The van der Waals surface area contributed by atoms with Gasteiger partial charge in [0.05, 0.1) is 11.9 Å². The number of rotatable bonds is 3. The molecule has 19 heavy (non-hydrogen) atoms. The van der Waals surface area contributed by atoms with Gasteiger partial charge in [-0.2, -0.15) is 0 Å². The van der Waals surface area contributed by atoms with Crippen LogP contribution in [0.1, 0.15) is 11.3 Å². The van der Waals surface area contributed by atoms with E-state index in [-0.39, 0.29) is 5.75 Å². The average Bonchev–Trinajstić information content (AvgIpc) is 2.89. The summed E-state index contributed by atoms with van der Waals surface area (Å²) in [5.74, 6) is 0.193. The lowest BCUT2D eigenvalue weighted by atomic mass is 10.1. The monoisotopic (exact) mass is 251 g/mol. The molecule has 0 saturated heterocycles. The highest BCUT2D eigenvalue weighted by atomic mass is 16.3. The number of aromatic nitrogens is 3. The molecule has 94 valence electrons. The van der Waals surface area contributed by atoms with E-state index in [1.54, 1.807) is 22.9 Å². The number of phenols is 1. The number of phenolic OH excluding ortho intramolecular Hbond substituents is 1. The van der Waals surface area contributed by atoms with Gasteiger partial charge in [-0.3, -0.25) is 0 Å². The predicted molar refractivity (Wildman–Crippen MR) is 72.3 cm³/mol. The summed E-state index contributed by atoms with van der Waals surface area (Å²) in [6.45, 7) is 0. The zero-order chi connectivity index (χ0) is 13.1. The Morgan fingerprint density at radius 1 is 0.947 bits per heavy atom. The third-order valence-corrected chi connectivity index (χ3v) is 2.90. The molecule has 0 unspecified atom stereocenters. The molecule has 0 aliphatic carbocycles. The second-order valence-corrected chi connectivity index (χ2v) is 4.31. The van der Waals surface area contributed by atoms with Crippen molar-refractivity contribution in [2.24, 2.45) is 0 Å². The van der Waals surface area contributed by atoms with Crippen molar-refractivity contribution in [3.05, 3.63) is 72.1 Å². The number of nitrogens with zero attached hydrogens (tertiary/aromatic N) is 3. The summed E-state index contributed by atoms with van der Waals surface area (Å²) in [6.07, 6.45) is 2.57. The van der Waals surface area contributed by atoms with Crippen LogP contribution in [0, 0.1) is 0 Å². The van der Waals surface area contributed by atoms with Crippen LogP contribution in [-0.4, -0.2) is 20.1 Å². The molecule has 4 nitrogen and oxygen atoms in total. The SMILES string of the molecule is Oc1ccccc1-n1cc(Cc2ccccc2)nn1. The maximum atomic E-state index is 9.77. The molecule has 0 amide bonds. The highest BCUT2D eigenvalue weighted by molar-refractivity contribution is 5.44. The maximum absolute atomic E-state index is 9.77. The number of para-hydroxylation sites is 2. The zero-order valence-corrected chi connectivity index (χ0v) is 10.3. The lowest BCUT2D eigenvalue weighted by Crippen LogP contribution is -1.94. The van der Waals surface area contributed by atoms with Gasteiger partial charge in [-0.15, -0.1) is 5.10 Å². The molecule has 0 aliphatic rings. The Morgan fingerprint density at radius 2 is 1.68 bits per heavy atom. The molecule has 0 atom stereocenters. The third-order valence-electron chi connectivity index (χ3n) is 2.90. The summed E-state index contributed by atoms with van der Waals surface area (Å²) >= 11 is 0. The van der Waals surface area contributed by atoms with Crippen molar-refractivity contribution in [3.8, 4) is 11.4 Å². The van der Waals surface area contributed by atoms with Gasteiger partial charge in [-0.25, -0.2) is 4.68 Å². The maximum Gasteiger partial charge on any atom is 0.141 e. The molecule has 2 aromatic carbocycles. The van der Waals surface area contributed by atoms with Crippen molar-refractivity contribution >= 4 is 0 Å². The standard InChI is InChI=1S/C15H13N3O/c19-15-9-5-4-8-14(15)18-11-13(16-17-18)10-12-6-2-1-3-7-12/h1-9,11,19H,10H2. The zero-order valence-electron chi connectivity index (χ0n) is 10.3. The van der Waals surface area contributed by atoms with Crippen molar-refractivity contribution in [3.63, 3.8) is 0 Å². The normalized spacial score (nSPS) is 10.5. The van der Waals surface area contributed by atoms with Crippen LogP contribution in [-0.2, 0) is 6.42 Å². The molecule has 0 bridgehead atoms. The predicted octanol–water partition coefficient (Wildman–Crippen LogP) is 2.56. The summed E-state index contributed by atoms with van der Waals surface area (Å²) in [4.78, 5) is 0. The molecule has 4 heteroatoms. The summed E-state index contributed by atoms with van der Waals surface area (Å²) in [5.41, 5.74) is 2.69. The van der Waals surface area contributed by atoms with E-state index in [4.69, 9.17) is 0 Å². The van der Waals surface area contributed by atoms with Crippen LogP contribution in [0.25, 0.3) is 5.69 Å². The highest BCUT2D eigenvalue weighted by Gasteiger charge is 2.06. The summed E-state index contributed by atoms with van der Waals surface area (Å²) in [6, 6.07) is 17.2. The minimum Gasteiger partial charge on any atom is -0.506 e. The van der Waals surface area contributed by atoms with Gasteiger partial charge in [0.1, 0.15) is 11.4 Å². The fourth-order valence-corrected chi connectivity index (χ4v) is 1.96. The van der Waals surface area contributed by atoms with Gasteiger partial charge < -0.3 is 5.11 Å². The van der Waals surface area contributed by atoms with Crippen LogP contribution in [0.5, 0.6) is 5.75 Å². The molecule has 3 rings (SSSR count). The second kappa shape index (κ2) is 4.94. The molecule has 1 N–H and O–H groups in total. The summed E-state index contributed by atoms with van der Waals surface area (Å²) in [5, 5.41) is 18.0. The van der Waals surface area contributed by atoms with Gasteiger partial charge in [0.2, 0.25) is 0 Å². The lowest BCUT2D eigenvalue weighted by Gasteiger charge is -2.01. The number of aromatic hydroxyl groups is 1. The molecular weight excluding hydrogens is 238 g/mol. The minimum atomic E-state index is 0.193. The van der Waals surface area contributed by atoms with E-state index in [1.807, 2.05) is 30.5 Å². The first kappa shape index (κ1) is 11.5. The van der Waals surface area contributed by atoms with Crippen LogP contribution in [0.2, 0.25) is 0 Å². The lowest BCUT2D eigenvalue weighted by molar-refractivity contribution is 0.470. The van der Waals surface area contributed by atoms with Gasteiger partial charge in [-0.1, -0.05) is 47.7 Å². The fourth-order valence-electron chi connectivity index (χ4n) is 1.96. The summed E-state index contributed by atoms with van der Waals surface area (Å²) in [7, 11) is 0. The van der Waals surface area contributed by atoms with E-state index in [1.165, 1.54) is 5.56 Å². The van der Waals surface area contributed by atoms with E-state index in [0.717, 1.165) is 12.1 Å². The van der Waals surface area contributed by atoms with Crippen molar-refractivity contribution in [1.29, 1.82) is 0 Å². The van der Waals surface area contributed by atoms with Crippen molar-refractivity contribution < 1.29 is 5.11 Å². The average molecular weight is 251 g/mol. The Labute approximate surface area is 111 Å². The van der Waals surface area contributed by atoms with Gasteiger partial charge in [0, 0.05) is 6.42 Å². The first-order valence-corrected chi connectivity index (χ1v) is 6.06. The molecule has 3 aromatic rings. The summed E-state index contributed by atoms with van der Waals surface area (Å²) < 4.78 is 1.59. The number of benzene rings is 2. The molecular formula is C15H13N3O. The molecule has 0 spiro atoms. The van der Waals surface area contributed by atoms with Crippen LogP contribution in [0.3, 0.4) is 0 Å². The van der Waals surface area contributed by atoms with Crippen molar-refractivity contribution in [1.82, 2.24) is 15.0 Å². The molecule has 1 heterocycles. The third kappa shape index (κ3) is 2.47. The van der Waals surface area contributed by atoms with Crippen LogP contribution in [0.4, 0.5) is 0 Å². The molecule has 0 saturated carbocycles. The molecule has 1 aromatic heterocycles. The van der Waals surface area contributed by atoms with Crippen LogP contribution in [0.15, 0.2) is 60.8 Å². The van der Waals surface area contributed by atoms with Gasteiger partial charge >= 0.3 is 0 Å². The number of hydrogen-bond acceptors (Lipinski definition) is 3. The quantitative estimate of drug-likeness (QED) is 0.778. The second-order valence-electron chi connectivity index (χ2n) is 4.31. The fraction of sp³-hybridized carbons (Fsp3) is 0.0667. The molecule has 0 aliphatic heterocycles. The first-order chi connectivity index (χ1) is 9.33. The first-order valence-electron chi connectivity index (χ1n) is 6.06. The van der Waals surface area contributed by atoms with E-state index >= 15 is 0 Å². The Hall–Kier alpha value is -2.62. The molecule has 0 fully saturated rings. The van der Waals surface area contributed by atoms with E-state index in [2.05, 4.69) is 22.4 Å².